The van der Waals surface area contributed by atoms with E-state index in [4.69, 9.17) is 5.11 Å². The summed E-state index contributed by atoms with van der Waals surface area (Å²) < 4.78 is 13.2. The van der Waals surface area contributed by atoms with Gasteiger partial charge in [0.25, 0.3) is 0 Å². The maximum atomic E-state index is 13.2. The van der Waals surface area contributed by atoms with E-state index in [0.29, 0.717) is 5.69 Å². The lowest BCUT2D eigenvalue weighted by atomic mass is 10.2. The number of unbranched alkanes of at least 4 members (excludes halogenated alkanes) is 2. The first-order valence-corrected chi connectivity index (χ1v) is 5.35. The molecule has 0 aromatic heterocycles. The van der Waals surface area contributed by atoms with Crippen molar-refractivity contribution < 1.29 is 9.50 Å². The van der Waals surface area contributed by atoms with Crippen LogP contribution in [-0.4, -0.2) is 18.3 Å². The Kier molecular flexibility index (Phi) is 5.12. The first-order chi connectivity index (χ1) is 7.24. The molecule has 0 unspecified atom stereocenters. The fourth-order valence-corrected chi connectivity index (χ4v) is 1.41. The van der Waals surface area contributed by atoms with Gasteiger partial charge in [0.15, 0.2) is 0 Å². The second-order valence-corrected chi connectivity index (χ2v) is 3.69. The zero-order valence-corrected chi connectivity index (χ0v) is 9.09. The molecular formula is C12H18FNO. The minimum Gasteiger partial charge on any atom is -0.396 e. The number of hydrogen-bond acceptors (Lipinski definition) is 2. The van der Waals surface area contributed by atoms with Crippen molar-refractivity contribution in [3.8, 4) is 0 Å². The molecule has 1 rings (SSSR count). The lowest BCUT2D eigenvalue weighted by Gasteiger charge is -2.07. The van der Waals surface area contributed by atoms with Gasteiger partial charge in [0.1, 0.15) is 5.82 Å². The number of rotatable bonds is 6. The first kappa shape index (κ1) is 12.0. The van der Waals surface area contributed by atoms with Crippen LogP contribution in [-0.2, 0) is 0 Å². The first-order valence-electron chi connectivity index (χ1n) is 5.35. The Bertz CT molecular complexity index is 302. The van der Waals surface area contributed by atoms with Crippen molar-refractivity contribution in [3.63, 3.8) is 0 Å². The van der Waals surface area contributed by atoms with Crippen molar-refractivity contribution in [1.82, 2.24) is 0 Å². The predicted molar refractivity (Wildman–Crippen MR) is 60.6 cm³/mol. The number of benzene rings is 1. The van der Waals surface area contributed by atoms with Crippen molar-refractivity contribution in [2.75, 3.05) is 18.5 Å². The molecule has 1 aromatic carbocycles. The number of aliphatic hydroxyl groups is 1. The van der Waals surface area contributed by atoms with Crippen LogP contribution in [0.1, 0.15) is 24.8 Å². The Morgan fingerprint density at radius 3 is 2.80 bits per heavy atom. The van der Waals surface area contributed by atoms with E-state index in [1.54, 1.807) is 12.1 Å². The quantitative estimate of drug-likeness (QED) is 0.709. The van der Waals surface area contributed by atoms with Gasteiger partial charge in [-0.15, -0.1) is 0 Å². The van der Waals surface area contributed by atoms with E-state index in [1.807, 2.05) is 6.92 Å². The van der Waals surface area contributed by atoms with Gasteiger partial charge in [-0.2, -0.15) is 0 Å². The molecule has 1 aromatic rings. The van der Waals surface area contributed by atoms with Crippen LogP contribution in [0.3, 0.4) is 0 Å². The molecule has 0 fully saturated rings. The van der Waals surface area contributed by atoms with Gasteiger partial charge < -0.3 is 10.4 Å². The van der Waals surface area contributed by atoms with Crippen LogP contribution in [0.5, 0.6) is 0 Å². The SMILES string of the molecule is Cc1ccc(F)c(NCCCCCO)c1. The fraction of sp³-hybridized carbons (Fsp3) is 0.500. The molecular weight excluding hydrogens is 193 g/mol. The van der Waals surface area contributed by atoms with E-state index in [2.05, 4.69) is 5.32 Å². The maximum absolute atomic E-state index is 13.2. The molecule has 0 bridgehead atoms. The summed E-state index contributed by atoms with van der Waals surface area (Å²) in [5.74, 6) is -0.206. The predicted octanol–water partition coefficient (Wildman–Crippen LogP) is 2.71. The number of aliphatic hydroxyl groups excluding tert-OH is 1. The van der Waals surface area contributed by atoms with Gasteiger partial charge in [0, 0.05) is 13.2 Å². The summed E-state index contributed by atoms with van der Waals surface area (Å²) in [5, 5.41) is 11.6. The monoisotopic (exact) mass is 211 g/mol. The van der Waals surface area contributed by atoms with Gasteiger partial charge >= 0.3 is 0 Å². The van der Waals surface area contributed by atoms with E-state index >= 15 is 0 Å². The Labute approximate surface area is 90.1 Å². The molecule has 3 heteroatoms. The largest absolute Gasteiger partial charge is 0.396 e. The minimum atomic E-state index is -0.206. The van der Waals surface area contributed by atoms with E-state index in [0.717, 1.165) is 31.4 Å². The van der Waals surface area contributed by atoms with Gasteiger partial charge in [-0.3, -0.25) is 0 Å². The second kappa shape index (κ2) is 6.40. The van der Waals surface area contributed by atoms with Crippen molar-refractivity contribution >= 4 is 5.69 Å². The second-order valence-electron chi connectivity index (χ2n) is 3.69. The third-order valence-electron chi connectivity index (χ3n) is 2.27. The summed E-state index contributed by atoms with van der Waals surface area (Å²) in [4.78, 5) is 0. The summed E-state index contributed by atoms with van der Waals surface area (Å²) in [7, 11) is 0. The van der Waals surface area contributed by atoms with Gasteiger partial charge in [-0.25, -0.2) is 4.39 Å². The average molecular weight is 211 g/mol. The number of hydrogen-bond donors (Lipinski definition) is 2. The van der Waals surface area contributed by atoms with Gasteiger partial charge in [-0.05, 0) is 43.9 Å². The van der Waals surface area contributed by atoms with Crippen molar-refractivity contribution in [1.29, 1.82) is 0 Å². The maximum Gasteiger partial charge on any atom is 0.146 e. The highest BCUT2D eigenvalue weighted by atomic mass is 19.1. The molecule has 15 heavy (non-hydrogen) atoms. The van der Waals surface area contributed by atoms with Crippen LogP contribution < -0.4 is 5.32 Å². The highest BCUT2D eigenvalue weighted by Crippen LogP contribution is 2.15. The van der Waals surface area contributed by atoms with Crippen molar-refractivity contribution in [3.05, 3.63) is 29.6 Å². The molecule has 0 spiro atoms. The van der Waals surface area contributed by atoms with Gasteiger partial charge in [0.2, 0.25) is 0 Å². The normalized spacial score (nSPS) is 10.3. The molecule has 0 aliphatic heterocycles. The topological polar surface area (TPSA) is 32.3 Å². The Balaban J connectivity index is 2.33. The number of aryl methyl sites for hydroxylation is 1. The Morgan fingerprint density at radius 1 is 1.27 bits per heavy atom. The lowest BCUT2D eigenvalue weighted by Crippen LogP contribution is -2.03. The number of nitrogens with one attached hydrogen (secondary N) is 1. The summed E-state index contributed by atoms with van der Waals surface area (Å²) in [6.45, 7) is 2.93. The summed E-state index contributed by atoms with van der Waals surface area (Å²) >= 11 is 0. The van der Waals surface area contributed by atoms with Gasteiger partial charge in [0.05, 0.1) is 5.69 Å². The Morgan fingerprint density at radius 2 is 2.07 bits per heavy atom. The van der Waals surface area contributed by atoms with E-state index < -0.39 is 0 Å². The van der Waals surface area contributed by atoms with Crippen molar-refractivity contribution in [2.45, 2.75) is 26.2 Å². The van der Waals surface area contributed by atoms with Gasteiger partial charge in [-0.1, -0.05) is 6.07 Å². The molecule has 0 amide bonds. The molecule has 0 saturated carbocycles. The zero-order valence-electron chi connectivity index (χ0n) is 9.09. The van der Waals surface area contributed by atoms with Crippen LogP contribution in [0.4, 0.5) is 10.1 Å². The molecule has 0 aliphatic carbocycles. The summed E-state index contributed by atoms with van der Waals surface area (Å²) in [5.41, 5.74) is 1.62. The van der Waals surface area contributed by atoms with E-state index in [1.165, 1.54) is 6.07 Å². The van der Waals surface area contributed by atoms with Crippen LogP contribution in [0.25, 0.3) is 0 Å². The van der Waals surface area contributed by atoms with Crippen LogP contribution >= 0.6 is 0 Å². The standard InChI is InChI=1S/C12H18FNO/c1-10-5-6-11(13)12(9-10)14-7-3-2-4-8-15/h5-6,9,14-15H,2-4,7-8H2,1H3. The highest BCUT2D eigenvalue weighted by Gasteiger charge is 2.00. The molecule has 2 N–H and O–H groups in total. The third kappa shape index (κ3) is 4.30. The third-order valence-corrected chi connectivity index (χ3v) is 2.27. The highest BCUT2D eigenvalue weighted by molar-refractivity contribution is 5.46. The van der Waals surface area contributed by atoms with Crippen LogP contribution in [0.15, 0.2) is 18.2 Å². The molecule has 0 heterocycles. The average Bonchev–Trinajstić information content (AvgIpc) is 2.23. The molecule has 2 nitrogen and oxygen atoms in total. The summed E-state index contributed by atoms with van der Waals surface area (Å²) in [6.07, 6.45) is 2.74. The molecule has 0 saturated heterocycles. The van der Waals surface area contributed by atoms with Crippen molar-refractivity contribution in [2.24, 2.45) is 0 Å². The molecule has 0 radical (unpaired) electrons. The van der Waals surface area contributed by atoms with Crippen LogP contribution in [0.2, 0.25) is 0 Å². The van der Waals surface area contributed by atoms with E-state index in [9.17, 15) is 4.39 Å². The number of halogens is 1. The van der Waals surface area contributed by atoms with Crippen LogP contribution in [0, 0.1) is 12.7 Å². The zero-order chi connectivity index (χ0) is 11.1. The fourth-order valence-electron chi connectivity index (χ4n) is 1.41. The summed E-state index contributed by atoms with van der Waals surface area (Å²) in [6, 6.07) is 5.04. The minimum absolute atomic E-state index is 0.206. The Hall–Kier alpha value is -1.09. The number of anilines is 1. The molecule has 0 atom stereocenters. The molecule has 0 aliphatic rings. The lowest BCUT2D eigenvalue weighted by molar-refractivity contribution is 0.283. The smallest absolute Gasteiger partial charge is 0.146 e. The van der Waals surface area contributed by atoms with E-state index in [-0.39, 0.29) is 12.4 Å². The molecule has 84 valence electrons.